The van der Waals surface area contributed by atoms with E-state index in [1.54, 1.807) is 29.7 Å². The van der Waals surface area contributed by atoms with Crippen LogP contribution in [0.4, 0.5) is 17.3 Å². The monoisotopic (exact) mass is 492 g/mol. The Bertz CT molecular complexity index is 1360. The second kappa shape index (κ2) is 9.47. The quantitative estimate of drug-likeness (QED) is 0.352. The molecule has 1 aliphatic rings. The van der Waals surface area contributed by atoms with Crippen LogP contribution in [0.25, 0.3) is 11.3 Å². The number of carbonyl (C=O) groups excluding carboxylic acids is 1. The van der Waals surface area contributed by atoms with Crippen molar-refractivity contribution in [3.63, 3.8) is 0 Å². The second-order valence-electron chi connectivity index (χ2n) is 8.05. The molecule has 0 fully saturated rings. The first-order chi connectivity index (χ1) is 16.4. The van der Waals surface area contributed by atoms with Crippen molar-refractivity contribution in [2.75, 3.05) is 10.6 Å². The molecule has 3 N–H and O–H groups in total. The van der Waals surface area contributed by atoms with Gasteiger partial charge in [0.1, 0.15) is 18.8 Å². The number of anilines is 3. The van der Waals surface area contributed by atoms with Crippen molar-refractivity contribution in [1.82, 2.24) is 15.0 Å². The van der Waals surface area contributed by atoms with E-state index in [2.05, 4.69) is 25.6 Å². The van der Waals surface area contributed by atoms with Crippen LogP contribution in [0.3, 0.4) is 0 Å². The van der Waals surface area contributed by atoms with Crippen LogP contribution in [0.2, 0.25) is 5.02 Å². The minimum absolute atomic E-state index is 0.127. The van der Waals surface area contributed by atoms with Crippen LogP contribution < -0.4 is 15.7 Å². The van der Waals surface area contributed by atoms with Gasteiger partial charge in [0.2, 0.25) is 11.9 Å². The molecular formula is C24H21ClN6O2S. The van der Waals surface area contributed by atoms with Gasteiger partial charge in [-0.2, -0.15) is 0 Å². The average molecular weight is 493 g/mol. The number of amides is 1. The summed E-state index contributed by atoms with van der Waals surface area (Å²) in [5, 5.41) is 22.0. The lowest BCUT2D eigenvalue weighted by molar-refractivity contribution is -0.877. The molecule has 3 heterocycles. The topological polar surface area (TPSA) is 107 Å². The van der Waals surface area contributed by atoms with Crippen LogP contribution in [0.15, 0.2) is 54.0 Å². The number of fused-ring (bicyclic) bond motifs is 3. The van der Waals surface area contributed by atoms with Crippen molar-refractivity contribution in [2.45, 2.75) is 26.4 Å². The molecule has 1 aliphatic heterocycles. The summed E-state index contributed by atoms with van der Waals surface area (Å²) in [4.78, 5) is 25.7. The zero-order valence-electron chi connectivity index (χ0n) is 18.3. The lowest BCUT2D eigenvalue weighted by Crippen LogP contribution is -3.04. The molecule has 0 bridgehead atoms. The van der Waals surface area contributed by atoms with Crippen molar-refractivity contribution >= 4 is 46.2 Å². The highest BCUT2D eigenvalue weighted by molar-refractivity contribution is 7.09. The van der Waals surface area contributed by atoms with Gasteiger partial charge in [-0.3, -0.25) is 4.79 Å². The van der Waals surface area contributed by atoms with Crippen molar-refractivity contribution in [3.8, 4) is 11.3 Å². The Morgan fingerprint density at radius 1 is 1.18 bits per heavy atom. The molecule has 2 aromatic heterocycles. The molecule has 0 radical (unpaired) electrons. The Morgan fingerprint density at radius 3 is 2.76 bits per heavy atom. The number of halogens is 1. The van der Waals surface area contributed by atoms with E-state index >= 15 is 0 Å². The van der Waals surface area contributed by atoms with Crippen LogP contribution in [-0.4, -0.2) is 20.9 Å². The standard InChI is InChI=1S/C24H21ClN6O2S/c1-14-27-19(13-34-14)12-31(33)11-15-2-5-18(6-3-15)28-24-26-10-16-8-22(32)29-21-9-17(25)4-7-20(21)23(16)30-24/h2-7,9-10,13,31H,8,11-12H2,1H3,(H,29,32)(H,26,28,30). The Morgan fingerprint density at radius 2 is 2.00 bits per heavy atom. The predicted octanol–water partition coefficient (Wildman–Crippen LogP) is 3.88. The highest BCUT2D eigenvalue weighted by atomic mass is 35.5. The Labute approximate surface area is 205 Å². The summed E-state index contributed by atoms with van der Waals surface area (Å²) in [6.07, 6.45) is 1.85. The third-order valence-electron chi connectivity index (χ3n) is 5.38. The molecule has 2 aromatic carbocycles. The van der Waals surface area contributed by atoms with E-state index in [1.807, 2.05) is 42.6 Å². The molecule has 0 saturated carbocycles. The number of rotatable bonds is 6. The van der Waals surface area contributed by atoms with E-state index in [0.717, 1.165) is 33.1 Å². The number of benzene rings is 2. The minimum atomic E-state index is -0.137. The zero-order chi connectivity index (χ0) is 23.7. The van der Waals surface area contributed by atoms with Crippen LogP contribution in [0.5, 0.6) is 0 Å². The number of thiazole rings is 1. The lowest BCUT2D eigenvalue weighted by atomic mass is 10.1. The van der Waals surface area contributed by atoms with Gasteiger partial charge in [0, 0.05) is 39.0 Å². The Kier molecular flexibility index (Phi) is 6.25. The fourth-order valence-electron chi connectivity index (χ4n) is 3.84. The number of aromatic nitrogens is 3. The van der Waals surface area contributed by atoms with Crippen molar-refractivity contribution in [2.24, 2.45) is 0 Å². The summed E-state index contributed by atoms with van der Waals surface area (Å²) in [5.74, 6) is 0.276. The maximum Gasteiger partial charge on any atom is 0.228 e. The first kappa shape index (κ1) is 22.4. The third-order valence-corrected chi connectivity index (χ3v) is 6.44. The molecule has 4 aromatic rings. The van der Waals surface area contributed by atoms with Gasteiger partial charge in [-0.1, -0.05) is 23.7 Å². The summed E-state index contributed by atoms with van der Waals surface area (Å²) in [5.41, 5.74) is 5.40. The number of hydrogen-bond donors (Lipinski definition) is 3. The smallest absolute Gasteiger partial charge is 0.228 e. The minimum Gasteiger partial charge on any atom is -0.634 e. The van der Waals surface area contributed by atoms with E-state index in [-0.39, 0.29) is 17.4 Å². The summed E-state index contributed by atoms with van der Waals surface area (Å²) < 4.78 is 0. The van der Waals surface area contributed by atoms with Crippen LogP contribution in [-0.2, 0) is 24.3 Å². The van der Waals surface area contributed by atoms with Crippen molar-refractivity contribution in [1.29, 1.82) is 0 Å². The molecule has 8 nitrogen and oxygen atoms in total. The highest BCUT2D eigenvalue weighted by Gasteiger charge is 2.21. The van der Waals surface area contributed by atoms with Crippen LogP contribution >= 0.6 is 22.9 Å². The normalized spacial score (nSPS) is 13.4. The zero-order valence-corrected chi connectivity index (χ0v) is 19.8. The predicted molar refractivity (Wildman–Crippen MR) is 133 cm³/mol. The summed E-state index contributed by atoms with van der Waals surface area (Å²) in [7, 11) is 0. The van der Waals surface area contributed by atoms with Gasteiger partial charge < -0.3 is 20.9 Å². The highest BCUT2D eigenvalue weighted by Crippen LogP contribution is 2.34. The summed E-state index contributed by atoms with van der Waals surface area (Å²) in [6.45, 7) is 2.63. The number of hydroxylamine groups is 2. The maximum atomic E-state index is 12.4. The Hall–Kier alpha value is -3.37. The van der Waals surface area contributed by atoms with Gasteiger partial charge in [0.25, 0.3) is 0 Å². The van der Waals surface area contributed by atoms with Crippen molar-refractivity contribution < 1.29 is 9.86 Å². The van der Waals surface area contributed by atoms with Crippen LogP contribution in [0.1, 0.15) is 21.8 Å². The largest absolute Gasteiger partial charge is 0.634 e. The van der Waals surface area contributed by atoms with E-state index in [0.29, 0.717) is 35.4 Å². The van der Waals surface area contributed by atoms with E-state index in [1.165, 1.54) is 0 Å². The molecule has 0 spiro atoms. The van der Waals surface area contributed by atoms with Crippen molar-refractivity contribution in [3.05, 3.63) is 86.1 Å². The van der Waals surface area contributed by atoms with Gasteiger partial charge in [-0.25, -0.2) is 15.0 Å². The number of quaternary nitrogens is 1. The molecule has 0 saturated heterocycles. The first-order valence-electron chi connectivity index (χ1n) is 10.7. The number of nitrogens with zero attached hydrogens (tertiary/aromatic N) is 3. The number of carbonyl (C=O) groups is 1. The molecule has 1 atom stereocenters. The lowest BCUT2D eigenvalue weighted by Gasteiger charge is -2.21. The molecule has 172 valence electrons. The van der Waals surface area contributed by atoms with Gasteiger partial charge in [-0.15, -0.1) is 11.3 Å². The maximum absolute atomic E-state index is 12.4. The van der Waals surface area contributed by atoms with E-state index < -0.39 is 0 Å². The summed E-state index contributed by atoms with van der Waals surface area (Å²) >= 11 is 7.66. The third kappa shape index (κ3) is 5.07. The molecule has 1 amide bonds. The van der Waals surface area contributed by atoms with Gasteiger partial charge >= 0.3 is 0 Å². The van der Waals surface area contributed by atoms with Crippen LogP contribution in [0, 0.1) is 12.1 Å². The van der Waals surface area contributed by atoms with Gasteiger partial charge in [0.05, 0.1) is 22.8 Å². The number of aryl methyl sites for hydroxylation is 1. The van der Waals surface area contributed by atoms with E-state index in [4.69, 9.17) is 11.6 Å². The molecule has 5 rings (SSSR count). The van der Waals surface area contributed by atoms with Gasteiger partial charge in [0.15, 0.2) is 0 Å². The molecule has 10 heteroatoms. The first-order valence-corrected chi connectivity index (χ1v) is 11.9. The fraction of sp³-hybridized carbons (Fsp3) is 0.167. The molecule has 34 heavy (non-hydrogen) atoms. The molecule has 1 unspecified atom stereocenters. The average Bonchev–Trinajstić information content (AvgIpc) is 3.14. The SMILES string of the molecule is Cc1nc(C[NH+]([O-])Cc2ccc(Nc3ncc4c(n3)-c3ccc(Cl)cc3NC(=O)C4)cc2)cs1. The fourth-order valence-corrected chi connectivity index (χ4v) is 4.62. The molecule has 0 aliphatic carbocycles. The Balaban J connectivity index is 1.31. The molecular weight excluding hydrogens is 472 g/mol. The second-order valence-corrected chi connectivity index (χ2v) is 9.55. The number of nitrogens with one attached hydrogen (secondary N) is 3. The number of hydrogen-bond acceptors (Lipinski definition) is 7. The van der Waals surface area contributed by atoms with Gasteiger partial charge in [-0.05, 0) is 37.3 Å². The van der Waals surface area contributed by atoms with E-state index in [9.17, 15) is 10.0 Å². The summed E-state index contributed by atoms with van der Waals surface area (Å²) in [6, 6.07) is 12.9.